The highest BCUT2D eigenvalue weighted by molar-refractivity contribution is 5.88. The fourth-order valence-corrected chi connectivity index (χ4v) is 3.95. The number of carbonyl (C=O) groups excluding carboxylic acids is 1. The molecule has 0 aliphatic heterocycles. The monoisotopic (exact) mass is 445 g/mol. The number of fused-ring (bicyclic) bond motifs is 1. The van der Waals surface area contributed by atoms with Crippen LogP contribution in [-0.2, 0) is 18.4 Å². The molecule has 0 bridgehead atoms. The number of aryl methyl sites for hydroxylation is 1. The van der Waals surface area contributed by atoms with Crippen molar-refractivity contribution < 1.29 is 9.32 Å². The topological polar surface area (TPSA) is 121 Å². The van der Waals surface area contributed by atoms with Crippen molar-refractivity contribution in [2.45, 2.75) is 32.7 Å². The summed E-state index contributed by atoms with van der Waals surface area (Å²) >= 11 is 0. The molecule has 33 heavy (non-hydrogen) atoms. The summed E-state index contributed by atoms with van der Waals surface area (Å²) < 4.78 is 8.32. The van der Waals surface area contributed by atoms with Crippen molar-refractivity contribution in [3.63, 3.8) is 0 Å². The Morgan fingerprint density at radius 1 is 1.24 bits per heavy atom. The maximum atomic E-state index is 13.0. The van der Waals surface area contributed by atoms with Gasteiger partial charge in [-0.3, -0.25) is 19.5 Å². The van der Waals surface area contributed by atoms with Crippen LogP contribution in [0.15, 0.2) is 52.1 Å². The molecule has 0 spiro atoms. The van der Waals surface area contributed by atoms with E-state index >= 15 is 0 Å². The van der Waals surface area contributed by atoms with Gasteiger partial charge in [0, 0.05) is 19.9 Å². The second-order valence-electron chi connectivity index (χ2n) is 8.29. The van der Waals surface area contributed by atoms with E-state index in [-0.39, 0.29) is 41.0 Å². The molecule has 10 heteroatoms. The van der Waals surface area contributed by atoms with E-state index in [1.807, 2.05) is 18.2 Å². The number of nitrogens with zero attached hydrogens (tertiary/aromatic N) is 6. The van der Waals surface area contributed by atoms with Crippen molar-refractivity contribution in [2.75, 3.05) is 5.32 Å². The first-order valence-corrected chi connectivity index (χ1v) is 10.7. The molecule has 1 unspecified atom stereocenters. The summed E-state index contributed by atoms with van der Waals surface area (Å²) in [6.45, 7) is 3.59. The number of carbonyl (C=O) groups is 1. The Morgan fingerprint density at radius 3 is 2.79 bits per heavy atom. The normalized spacial score (nSPS) is 18.0. The number of nitrogens with one attached hydrogen (secondary N) is 1. The van der Waals surface area contributed by atoms with Crippen LogP contribution in [-0.4, -0.2) is 35.1 Å². The van der Waals surface area contributed by atoms with E-state index in [0.29, 0.717) is 17.6 Å². The van der Waals surface area contributed by atoms with E-state index < -0.39 is 0 Å². The average molecular weight is 445 g/mol. The minimum atomic E-state index is -0.308. The molecule has 0 saturated heterocycles. The summed E-state index contributed by atoms with van der Waals surface area (Å²) in [5.41, 5.74) is 2.67. The predicted molar refractivity (Wildman–Crippen MR) is 121 cm³/mol. The third-order valence-electron chi connectivity index (χ3n) is 5.80. The third kappa shape index (κ3) is 4.07. The van der Waals surface area contributed by atoms with Crippen molar-refractivity contribution in [3.05, 3.63) is 70.4 Å². The Labute approximate surface area is 189 Å². The Hall–Kier alpha value is -4.08. The van der Waals surface area contributed by atoms with Gasteiger partial charge in [-0.1, -0.05) is 41.6 Å². The lowest BCUT2D eigenvalue weighted by Crippen LogP contribution is -2.23. The molecule has 1 aliphatic carbocycles. The van der Waals surface area contributed by atoms with Crippen molar-refractivity contribution in [3.8, 4) is 0 Å². The van der Waals surface area contributed by atoms with Crippen LogP contribution in [0, 0.1) is 5.92 Å². The molecule has 0 radical (unpaired) electrons. The maximum Gasteiger partial charge on any atom is 0.280 e. The molecule has 1 aliphatic rings. The number of amides is 1. The smallest absolute Gasteiger partial charge is 0.280 e. The molecule has 5 rings (SSSR count). The first kappa shape index (κ1) is 20.8. The number of hydrogen-bond donors (Lipinski definition) is 1. The summed E-state index contributed by atoms with van der Waals surface area (Å²) in [5.74, 6) is 1.57. The minimum Gasteiger partial charge on any atom is -0.337 e. The zero-order chi connectivity index (χ0) is 23.1. The summed E-state index contributed by atoms with van der Waals surface area (Å²) in [4.78, 5) is 37.3. The number of benzene rings is 1. The molecule has 1 fully saturated rings. The number of anilines is 1. The summed E-state index contributed by atoms with van der Waals surface area (Å²) in [7, 11) is 1.65. The Bertz CT molecular complexity index is 1430. The van der Waals surface area contributed by atoms with E-state index in [4.69, 9.17) is 4.52 Å². The van der Waals surface area contributed by atoms with Crippen molar-refractivity contribution in [1.29, 1.82) is 0 Å². The molecule has 3 aromatic heterocycles. The summed E-state index contributed by atoms with van der Waals surface area (Å²) in [6.07, 6.45) is 4.62. The quantitative estimate of drug-likeness (QED) is 0.484. The molecule has 1 saturated carbocycles. The van der Waals surface area contributed by atoms with Gasteiger partial charge in [-0.2, -0.15) is 9.97 Å². The first-order chi connectivity index (χ1) is 15.9. The molecule has 168 valence electrons. The Kier molecular flexibility index (Phi) is 5.12. The summed E-state index contributed by atoms with van der Waals surface area (Å²) in [5, 5.41) is 6.72. The maximum absolute atomic E-state index is 13.0. The zero-order valence-corrected chi connectivity index (χ0v) is 18.5. The van der Waals surface area contributed by atoms with E-state index in [0.717, 1.165) is 6.42 Å². The van der Waals surface area contributed by atoms with Gasteiger partial charge in [0.15, 0.2) is 17.0 Å². The largest absolute Gasteiger partial charge is 0.337 e. The van der Waals surface area contributed by atoms with Crippen molar-refractivity contribution in [1.82, 2.24) is 29.2 Å². The highest BCUT2D eigenvalue weighted by Gasteiger charge is 2.40. The predicted octanol–water partition coefficient (Wildman–Crippen LogP) is 2.73. The standard InChI is InChI=1S/C23H23N7O3/c1-13(15-7-5-4-6-8-15)9-16-10-17(16)20-26-18(33-28-20)11-30-12-24-21-19(22(30)32)29(3)23(27-21)25-14(2)31/h4-9,12,16-17H,10-11H2,1-3H3,(H,25,27,31)/b13-9+/t16-,17?/m1/s1. The molecule has 1 amide bonds. The zero-order valence-electron chi connectivity index (χ0n) is 18.5. The molecular formula is C23H23N7O3. The van der Waals surface area contributed by atoms with Gasteiger partial charge in [0.2, 0.25) is 17.7 Å². The fourth-order valence-electron chi connectivity index (χ4n) is 3.95. The second kappa shape index (κ2) is 8.12. The van der Waals surface area contributed by atoms with Crippen LogP contribution >= 0.6 is 0 Å². The van der Waals surface area contributed by atoms with Crippen LogP contribution < -0.4 is 10.9 Å². The number of hydrogen-bond acceptors (Lipinski definition) is 7. The summed E-state index contributed by atoms with van der Waals surface area (Å²) in [6, 6.07) is 10.3. The fraction of sp³-hybridized carbons (Fsp3) is 0.304. The molecule has 2 atom stereocenters. The minimum absolute atomic E-state index is 0.103. The van der Waals surface area contributed by atoms with Crippen LogP contribution in [0.5, 0.6) is 0 Å². The molecule has 1 N–H and O–H groups in total. The molecular weight excluding hydrogens is 422 g/mol. The van der Waals surface area contributed by atoms with Crippen molar-refractivity contribution >= 4 is 28.6 Å². The molecule has 3 heterocycles. The van der Waals surface area contributed by atoms with Crippen molar-refractivity contribution in [2.24, 2.45) is 13.0 Å². The molecule has 1 aromatic carbocycles. The number of imidazole rings is 1. The average Bonchev–Trinajstić information content (AvgIpc) is 3.26. The number of aromatic nitrogens is 6. The van der Waals surface area contributed by atoms with Gasteiger partial charge in [0.1, 0.15) is 12.9 Å². The van der Waals surface area contributed by atoms with Gasteiger partial charge >= 0.3 is 0 Å². The van der Waals surface area contributed by atoms with E-state index in [1.165, 1.54) is 33.5 Å². The van der Waals surface area contributed by atoms with Gasteiger partial charge in [-0.05, 0) is 30.4 Å². The second-order valence-corrected chi connectivity index (χ2v) is 8.29. The highest BCUT2D eigenvalue weighted by atomic mass is 16.5. The molecule has 4 aromatic rings. The van der Waals surface area contributed by atoms with Crippen LogP contribution in [0.25, 0.3) is 16.7 Å². The number of allylic oxidation sites excluding steroid dienone is 2. The van der Waals surface area contributed by atoms with Gasteiger partial charge in [-0.25, -0.2) is 4.98 Å². The van der Waals surface area contributed by atoms with Gasteiger partial charge in [0.25, 0.3) is 5.56 Å². The van der Waals surface area contributed by atoms with Gasteiger partial charge in [0.05, 0.1) is 0 Å². The lowest BCUT2D eigenvalue weighted by molar-refractivity contribution is -0.114. The van der Waals surface area contributed by atoms with Crippen LogP contribution in [0.1, 0.15) is 43.5 Å². The molecule has 10 nitrogen and oxygen atoms in total. The third-order valence-corrected chi connectivity index (χ3v) is 5.80. The lowest BCUT2D eigenvalue weighted by Gasteiger charge is -2.03. The number of rotatable bonds is 6. The van der Waals surface area contributed by atoms with E-state index in [2.05, 4.69) is 50.6 Å². The SMILES string of the molecule is CC(=O)Nc1nc2ncn(Cc3nc(C4C[C@H]4/C=C(\C)c4ccccc4)no3)c(=O)c2n1C. The van der Waals surface area contributed by atoms with Gasteiger partial charge < -0.3 is 9.09 Å². The lowest BCUT2D eigenvalue weighted by atomic mass is 10.1. The van der Waals surface area contributed by atoms with Crippen LogP contribution in [0.2, 0.25) is 0 Å². The van der Waals surface area contributed by atoms with E-state index in [1.54, 1.807) is 7.05 Å². The van der Waals surface area contributed by atoms with Crippen LogP contribution in [0.4, 0.5) is 5.95 Å². The highest BCUT2D eigenvalue weighted by Crippen LogP contribution is 2.48. The van der Waals surface area contributed by atoms with Gasteiger partial charge in [-0.15, -0.1) is 0 Å². The first-order valence-electron chi connectivity index (χ1n) is 10.7. The Balaban J connectivity index is 1.32. The Morgan fingerprint density at radius 2 is 2.03 bits per heavy atom. The van der Waals surface area contributed by atoms with E-state index in [9.17, 15) is 9.59 Å². The van der Waals surface area contributed by atoms with Crippen LogP contribution in [0.3, 0.4) is 0 Å².